The van der Waals surface area contributed by atoms with Crippen LogP contribution in [0.4, 0.5) is 0 Å². The fraction of sp³-hybridized carbons (Fsp3) is 0.611. The van der Waals surface area contributed by atoms with Crippen LogP contribution in [0.1, 0.15) is 50.1 Å². The molecule has 2 fully saturated rings. The lowest BCUT2D eigenvalue weighted by Crippen LogP contribution is -2.37. The molecule has 0 spiro atoms. The highest BCUT2D eigenvalue weighted by molar-refractivity contribution is 5.79. The topological polar surface area (TPSA) is 38.3 Å². The molecule has 1 aromatic rings. The monoisotopic (exact) mass is 287 g/mol. The van der Waals surface area contributed by atoms with Crippen LogP contribution in [0.5, 0.6) is 0 Å². The summed E-state index contributed by atoms with van der Waals surface area (Å²) in [7, 11) is 0. The Morgan fingerprint density at radius 1 is 1.14 bits per heavy atom. The number of hydrogen-bond donors (Lipinski definition) is 1. The number of carbonyl (C=O) groups excluding carboxylic acids is 1. The van der Waals surface area contributed by atoms with Crippen molar-refractivity contribution in [2.45, 2.75) is 44.6 Å². The van der Waals surface area contributed by atoms with Crippen molar-refractivity contribution in [1.82, 2.24) is 5.32 Å². The average molecular weight is 287 g/mol. The maximum Gasteiger partial charge on any atom is 0.223 e. The third kappa shape index (κ3) is 3.85. The van der Waals surface area contributed by atoms with E-state index in [1.807, 2.05) is 6.07 Å². The predicted octanol–water partition coefficient (Wildman–Crippen LogP) is 3.46. The number of carbonyl (C=O) groups is 1. The molecule has 3 rings (SSSR count). The van der Waals surface area contributed by atoms with Crippen molar-refractivity contribution in [2.24, 2.45) is 11.8 Å². The first-order valence-electron chi connectivity index (χ1n) is 8.26. The van der Waals surface area contributed by atoms with E-state index >= 15 is 0 Å². The van der Waals surface area contributed by atoms with E-state index in [4.69, 9.17) is 4.74 Å². The Bertz CT molecular complexity index is 450. The van der Waals surface area contributed by atoms with Gasteiger partial charge in [0, 0.05) is 19.1 Å². The summed E-state index contributed by atoms with van der Waals surface area (Å²) >= 11 is 0. The summed E-state index contributed by atoms with van der Waals surface area (Å²) < 4.78 is 5.35. The van der Waals surface area contributed by atoms with Gasteiger partial charge in [0.1, 0.15) is 0 Å². The van der Waals surface area contributed by atoms with Gasteiger partial charge in [0.2, 0.25) is 5.91 Å². The quantitative estimate of drug-likeness (QED) is 0.900. The molecule has 0 aromatic heterocycles. The zero-order chi connectivity index (χ0) is 14.5. The molecule has 1 aliphatic heterocycles. The summed E-state index contributed by atoms with van der Waals surface area (Å²) in [6.07, 6.45) is 6.78. The summed E-state index contributed by atoms with van der Waals surface area (Å²) in [5.74, 6) is 1.13. The summed E-state index contributed by atoms with van der Waals surface area (Å²) in [6, 6.07) is 10.6. The minimum Gasteiger partial charge on any atom is -0.381 e. The molecule has 1 aromatic carbocycles. The van der Waals surface area contributed by atoms with Crippen molar-refractivity contribution in [3.8, 4) is 0 Å². The Kier molecular flexibility index (Phi) is 4.91. The number of rotatable bonds is 5. The second-order valence-corrected chi connectivity index (χ2v) is 6.39. The van der Waals surface area contributed by atoms with E-state index in [1.165, 1.54) is 24.8 Å². The normalized spacial score (nSPS) is 21.5. The van der Waals surface area contributed by atoms with Gasteiger partial charge in [-0.2, -0.15) is 0 Å². The highest BCUT2D eigenvalue weighted by Gasteiger charge is 2.27. The number of benzene rings is 1. The van der Waals surface area contributed by atoms with E-state index < -0.39 is 0 Å². The van der Waals surface area contributed by atoms with Gasteiger partial charge < -0.3 is 10.1 Å². The van der Waals surface area contributed by atoms with Crippen LogP contribution >= 0.6 is 0 Å². The summed E-state index contributed by atoms with van der Waals surface area (Å²) in [6.45, 7) is 1.44. The third-order valence-corrected chi connectivity index (χ3v) is 4.90. The number of nitrogens with one attached hydrogen (secondary N) is 1. The largest absolute Gasteiger partial charge is 0.381 e. The van der Waals surface area contributed by atoms with Gasteiger partial charge >= 0.3 is 0 Å². The van der Waals surface area contributed by atoms with Crippen LogP contribution in [0, 0.1) is 11.8 Å². The van der Waals surface area contributed by atoms with Gasteiger partial charge in [-0.1, -0.05) is 49.6 Å². The van der Waals surface area contributed by atoms with Crippen molar-refractivity contribution in [3.63, 3.8) is 0 Å². The smallest absolute Gasteiger partial charge is 0.223 e. The SMILES string of the molecule is O=C(N[C@H](CC1CCC1)c1ccccc1)C1CCOCC1. The van der Waals surface area contributed by atoms with Crippen LogP contribution in [0.2, 0.25) is 0 Å². The van der Waals surface area contributed by atoms with E-state index in [-0.39, 0.29) is 17.9 Å². The Balaban J connectivity index is 1.64. The molecule has 3 heteroatoms. The van der Waals surface area contributed by atoms with Crippen LogP contribution in [0.25, 0.3) is 0 Å². The number of ether oxygens (including phenoxy) is 1. The van der Waals surface area contributed by atoms with Gasteiger partial charge in [-0.05, 0) is 30.7 Å². The van der Waals surface area contributed by atoms with Crippen molar-refractivity contribution < 1.29 is 9.53 Å². The minimum absolute atomic E-state index is 0.131. The molecule has 3 nitrogen and oxygen atoms in total. The molecule has 1 N–H and O–H groups in total. The lowest BCUT2D eigenvalue weighted by Gasteiger charge is -2.31. The molecule has 1 saturated carbocycles. The van der Waals surface area contributed by atoms with E-state index in [0.29, 0.717) is 0 Å². The van der Waals surface area contributed by atoms with Crippen molar-refractivity contribution in [3.05, 3.63) is 35.9 Å². The predicted molar refractivity (Wildman–Crippen MR) is 82.8 cm³/mol. The van der Waals surface area contributed by atoms with Crippen LogP contribution in [0.15, 0.2) is 30.3 Å². The Morgan fingerprint density at radius 3 is 2.48 bits per heavy atom. The first kappa shape index (κ1) is 14.6. The highest BCUT2D eigenvalue weighted by atomic mass is 16.5. The Labute approximate surface area is 127 Å². The van der Waals surface area contributed by atoms with Crippen LogP contribution in [-0.2, 0) is 9.53 Å². The maximum atomic E-state index is 12.5. The number of amides is 1. The summed E-state index contributed by atoms with van der Waals surface area (Å²) in [5, 5.41) is 3.31. The van der Waals surface area contributed by atoms with Crippen molar-refractivity contribution in [2.75, 3.05) is 13.2 Å². The van der Waals surface area contributed by atoms with Gasteiger partial charge in [-0.3, -0.25) is 4.79 Å². The zero-order valence-corrected chi connectivity index (χ0v) is 12.6. The molecule has 1 amide bonds. The molecule has 0 radical (unpaired) electrons. The summed E-state index contributed by atoms with van der Waals surface area (Å²) in [4.78, 5) is 12.5. The second-order valence-electron chi connectivity index (χ2n) is 6.39. The maximum absolute atomic E-state index is 12.5. The van der Waals surface area contributed by atoms with Crippen molar-refractivity contribution >= 4 is 5.91 Å². The molecule has 1 saturated heterocycles. The molecular formula is C18H25NO2. The molecule has 1 heterocycles. The van der Waals surface area contributed by atoms with Gasteiger partial charge in [-0.25, -0.2) is 0 Å². The van der Waals surface area contributed by atoms with E-state index in [9.17, 15) is 4.79 Å². The van der Waals surface area contributed by atoms with Crippen molar-refractivity contribution in [1.29, 1.82) is 0 Å². The molecule has 0 unspecified atom stereocenters. The first-order valence-corrected chi connectivity index (χ1v) is 8.26. The average Bonchev–Trinajstić information content (AvgIpc) is 2.51. The van der Waals surface area contributed by atoms with E-state index in [0.717, 1.165) is 38.4 Å². The van der Waals surface area contributed by atoms with E-state index in [2.05, 4.69) is 29.6 Å². The first-order chi connectivity index (χ1) is 10.3. The van der Waals surface area contributed by atoms with E-state index in [1.54, 1.807) is 0 Å². The molecule has 1 atom stereocenters. The molecule has 114 valence electrons. The highest BCUT2D eigenvalue weighted by Crippen LogP contribution is 2.35. The third-order valence-electron chi connectivity index (χ3n) is 4.90. The molecule has 21 heavy (non-hydrogen) atoms. The lowest BCUT2D eigenvalue weighted by molar-refractivity contribution is -0.128. The molecule has 1 aliphatic carbocycles. The van der Waals surface area contributed by atoms with Gasteiger partial charge in [0.05, 0.1) is 6.04 Å². The fourth-order valence-electron chi connectivity index (χ4n) is 3.27. The second kappa shape index (κ2) is 7.08. The standard InChI is InChI=1S/C18H25NO2/c20-18(16-9-11-21-12-10-16)19-17(13-14-5-4-6-14)15-7-2-1-3-8-15/h1-3,7-8,14,16-17H,4-6,9-13H2,(H,19,20)/t17-/m1/s1. The summed E-state index contributed by atoms with van der Waals surface area (Å²) in [5.41, 5.74) is 1.24. The van der Waals surface area contributed by atoms with Gasteiger partial charge in [0.15, 0.2) is 0 Å². The zero-order valence-electron chi connectivity index (χ0n) is 12.6. The van der Waals surface area contributed by atoms with Gasteiger partial charge in [-0.15, -0.1) is 0 Å². The molecular weight excluding hydrogens is 262 g/mol. The fourth-order valence-corrected chi connectivity index (χ4v) is 3.27. The molecule has 2 aliphatic rings. The van der Waals surface area contributed by atoms with Crippen LogP contribution in [-0.4, -0.2) is 19.1 Å². The lowest BCUT2D eigenvalue weighted by atomic mass is 9.79. The Hall–Kier alpha value is -1.35. The Morgan fingerprint density at radius 2 is 1.86 bits per heavy atom. The minimum atomic E-state index is 0.131. The van der Waals surface area contributed by atoms with Crippen LogP contribution in [0.3, 0.4) is 0 Å². The van der Waals surface area contributed by atoms with Gasteiger partial charge in [0.25, 0.3) is 0 Å². The number of hydrogen-bond acceptors (Lipinski definition) is 2. The molecule has 0 bridgehead atoms. The van der Waals surface area contributed by atoms with Crippen LogP contribution < -0.4 is 5.32 Å².